The summed E-state index contributed by atoms with van der Waals surface area (Å²) in [6.45, 7) is 2.67. The molecule has 1 atom stereocenters. The van der Waals surface area contributed by atoms with Gasteiger partial charge in [-0.1, -0.05) is 6.92 Å². The molecule has 4 heteroatoms. The first-order valence-corrected chi connectivity index (χ1v) is 5.22. The molecule has 0 saturated carbocycles. The SMILES string of the molecule is CC(CO)CNc1cc(F)ccc1Br. The van der Waals surface area contributed by atoms with Crippen molar-refractivity contribution in [3.63, 3.8) is 0 Å². The highest BCUT2D eigenvalue weighted by atomic mass is 79.9. The van der Waals surface area contributed by atoms with Gasteiger partial charge in [-0.15, -0.1) is 0 Å². The molecule has 0 bridgehead atoms. The third-order valence-electron chi connectivity index (χ3n) is 1.88. The predicted octanol–water partition coefficient (Wildman–Crippen LogP) is 2.63. The molecule has 0 amide bonds. The Labute approximate surface area is 91.3 Å². The molecule has 1 unspecified atom stereocenters. The van der Waals surface area contributed by atoms with Gasteiger partial charge in [0.05, 0.1) is 5.69 Å². The molecule has 1 aromatic rings. The number of benzene rings is 1. The molecule has 0 aliphatic heterocycles. The maximum Gasteiger partial charge on any atom is 0.125 e. The lowest BCUT2D eigenvalue weighted by atomic mass is 10.2. The van der Waals surface area contributed by atoms with Gasteiger partial charge in [-0.05, 0) is 40.0 Å². The van der Waals surface area contributed by atoms with E-state index in [2.05, 4.69) is 21.2 Å². The lowest BCUT2D eigenvalue weighted by molar-refractivity contribution is 0.244. The van der Waals surface area contributed by atoms with Gasteiger partial charge in [-0.2, -0.15) is 0 Å². The molecule has 0 aliphatic rings. The van der Waals surface area contributed by atoms with Gasteiger partial charge in [-0.3, -0.25) is 0 Å². The molecule has 1 rings (SSSR count). The van der Waals surface area contributed by atoms with Crippen molar-refractivity contribution in [1.29, 1.82) is 0 Å². The van der Waals surface area contributed by atoms with Crippen molar-refractivity contribution < 1.29 is 9.50 Å². The highest BCUT2D eigenvalue weighted by Crippen LogP contribution is 2.23. The zero-order valence-corrected chi connectivity index (χ0v) is 9.51. The number of aliphatic hydroxyl groups is 1. The Hall–Kier alpha value is -0.610. The van der Waals surface area contributed by atoms with Crippen LogP contribution in [0.25, 0.3) is 0 Å². The molecule has 78 valence electrons. The lowest BCUT2D eigenvalue weighted by Crippen LogP contribution is -2.14. The van der Waals surface area contributed by atoms with Crippen molar-refractivity contribution in [2.75, 3.05) is 18.5 Å². The largest absolute Gasteiger partial charge is 0.396 e. The number of anilines is 1. The highest BCUT2D eigenvalue weighted by molar-refractivity contribution is 9.10. The summed E-state index contributed by atoms with van der Waals surface area (Å²) in [6.07, 6.45) is 0. The van der Waals surface area contributed by atoms with Gasteiger partial charge in [0.25, 0.3) is 0 Å². The van der Waals surface area contributed by atoms with E-state index in [0.29, 0.717) is 12.2 Å². The Balaban J connectivity index is 2.62. The molecule has 0 spiro atoms. The molecule has 0 aliphatic carbocycles. The first kappa shape index (κ1) is 11.5. The average Bonchev–Trinajstić information content (AvgIpc) is 2.19. The van der Waals surface area contributed by atoms with Crippen LogP contribution in [0.1, 0.15) is 6.92 Å². The van der Waals surface area contributed by atoms with E-state index in [1.165, 1.54) is 12.1 Å². The van der Waals surface area contributed by atoms with Crippen LogP contribution in [0.2, 0.25) is 0 Å². The molecule has 2 N–H and O–H groups in total. The van der Waals surface area contributed by atoms with E-state index in [0.717, 1.165) is 4.47 Å². The van der Waals surface area contributed by atoms with Crippen LogP contribution < -0.4 is 5.32 Å². The smallest absolute Gasteiger partial charge is 0.125 e. The first-order chi connectivity index (χ1) is 6.63. The minimum Gasteiger partial charge on any atom is -0.396 e. The van der Waals surface area contributed by atoms with Gasteiger partial charge in [-0.25, -0.2) is 4.39 Å². The summed E-state index contributed by atoms with van der Waals surface area (Å²) >= 11 is 3.31. The Bertz CT molecular complexity index is 306. The minimum atomic E-state index is -0.271. The minimum absolute atomic E-state index is 0.125. The van der Waals surface area contributed by atoms with Crippen molar-refractivity contribution in [3.8, 4) is 0 Å². The molecule has 14 heavy (non-hydrogen) atoms. The van der Waals surface area contributed by atoms with Crippen molar-refractivity contribution in [1.82, 2.24) is 0 Å². The number of aliphatic hydroxyl groups excluding tert-OH is 1. The molecule has 1 aromatic carbocycles. The summed E-state index contributed by atoms with van der Waals surface area (Å²) in [5, 5.41) is 11.9. The second-order valence-corrected chi connectivity index (χ2v) is 4.15. The Morgan fingerprint density at radius 3 is 2.93 bits per heavy atom. The number of hydrogen-bond donors (Lipinski definition) is 2. The van der Waals surface area contributed by atoms with E-state index in [4.69, 9.17) is 5.11 Å². The Morgan fingerprint density at radius 2 is 2.29 bits per heavy atom. The molecule has 2 nitrogen and oxygen atoms in total. The molecule has 0 heterocycles. The maximum absolute atomic E-state index is 12.8. The van der Waals surface area contributed by atoms with Crippen LogP contribution in [0, 0.1) is 11.7 Å². The van der Waals surface area contributed by atoms with Gasteiger partial charge in [0.2, 0.25) is 0 Å². The second kappa shape index (κ2) is 5.32. The van der Waals surface area contributed by atoms with Gasteiger partial charge >= 0.3 is 0 Å². The Kier molecular flexibility index (Phi) is 4.35. The summed E-state index contributed by atoms with van der Waals surface area (Å²) in [5.41, 5.74) is 0.713. The van der Waals surface area contributed by atoms with Crippen LogP contribution in [0.4, 0.5) is 10.1 Å². The standard InChI is InChI=1S/C10H13BrFNO/c1-7(6-14)5-13-10-4-8(12)2-3-9(10)11/h2-4,7,13-14H,5-6H2,1H3. The molecule has 0 radical (unpaired) electrons. The van der Waals surface area contributed by atoms with Crippen LogP contribution >= 0.6 is 15.9 Å². The quantitative estimate of drug-likeness (QED) is 0.874. The van der Waals surface area contributed by atoms with Crippen LogP contribution in [0.3, 0.4) is 0 Å². The fourth-order valence-corrected chi connectivity index (χ4v) is 1.37. The van der Waals surface area contributed by atoms with Crippen molar-refractivity contribution in [2.24, 2.45) is 5.92 Å². The Morgan fingerprint density at radius 1 is 1.57 bits per heavy atom. The van der Waals surface area contributed by atoms with E-state index in [1.807, 2.05) is 6.92 Å². The third kappa shape index (κ3) is 3.27. The molecule has 0 fully saturated rings. The topological polar surface area (TPSA) is 32.3 Å². The van der Waals surface area contributed by atoms with Gasteiger partial charge in [0, 0.05) is 17.6 Å². The fraction of sp³-hybridized carbons (Fsp3) is 0.400. The molecule has 0 saturated heterocycles. The van der Waals surface area contributed by atoms with Crippen molar-refractivity contribution >= 4 is 21.6 Å². The zero-order valence-electron chi connectivity index (χ0n) is 7.93. The number of halogens is 2. The zero-order chi connectivity index (χ0) is 10.6. The first-order valence-electron chi connectivity index (χ1n) is 4.43. The molecular weight excluding hydrogens is 249 g/mol. The van der Waals surface area contributed by atoms with Crippen molar-refractivity contribution in [2.45, 2.75) is 6.92 Å². The number of rotatable bonds is 4. The van der Waals surface area contributed by atoms with Crippen LogP contribution in [0.15, 0.2) is 22.7 Å². The molecule has 0 aromatic heterocycles. The van der Waals surface area contributed by atoms with Gasteiger partial charge < -0.3 is 10.4 Å². The lowest BCUT2D eigenvalue weighted by Gasteiger charge is -2.12. The second-order valence-electron chi connectivity index (χ2n) is 3.29. The average molecular weight is 262 g/mol. The van der Waals surface area contributed by atoms with E-state index in [1.54, 1.807) is 6.07 Å². The number of nitrogens with one attached hydrogen (secondary N) is 1. The van der Waals surface area contributed by atoms with E-state index < -0.39 is 0 Å². The van der Waals surface area contributed by atoms with E-state index in [-0.39, 0.29) is 18.3 Å². The highest BCUT2D eigenvalue weighted by Gasteiger charge is 2.03. The summed E-state index contributed by atoms with van der Waals surface area (Å²) in [7, 11) is 0. The monoisotopic (exact) mass is 261 g/mol. The summed E-state index contributed by atoms with van der Waals surface area (Å²) in [6, 6.07) is 4.47. The van der Waals surface area contributed by atoms with Crippen LogP contribution in [-0.4, -0.2) is 18.3 Å². The van der Waals surface area contributed by atoms with Crippen LogP contribution in [0.5, 0.6) is 0 Å². The fourth-order valence-electron chi connectivity index (χ4n) is 0.982. The summed E-state index contributed by atoms with van der Waals surface area (Å²) in [4.78, 5) is 0. The normalized spacial score (nSPS) is 12.6. The third-order valence-corrected chi connectivity index (χ3v) is 2.57. The summed E-state index contributed by atoms with van der Waals surface area (Å²) in [5.74, 6) is -0.113. The summed E-state index contributed by atoms with van der Waals surface area (Å²) < 4.78 is 13.7. The van der Waals surface area contributed by atoms with Gasteiger partial charge in [0.15, 0.2) is 0 Å². The van der Waals surface area contributed by atoms with E-state index in [9.17, 15) is 4.39 Å². The number of hydrogen-bond acceptors (Lipinski definition) is 2. The van der Waals surface area contributed by atoms with Gasteiger partial charge in [0.1, 0.15) is 5.82 Å². The van der Waals surface area contributed by atoms with Crippen LogP contribution in [-0.2, 0) is 0 Å². The maximum atomic E-state index is 12.8. The van der Waals surface area contributed by atoms with E-state index >= 15 is 0 Å². The predicted molar refractivity (Wildman–Crippen MR) is 58.8 cm³/mol. The van der Waals surface area contributed by atoms with Crippen molar-refractivity contribution in [3.05, 3.63) is 28.5 Å². The molecular formula is C10H13BrFNO.